The van der Waals surface area contributed by atoms with Crippen molar-refractivity contribution in [3.63, 3.8) is 0 Å². The minimum Gasteiger partial charge on any atom is -0.489 e. The summed E-state index contributed by atoms with van der Waals surface area (Å²) in [6.07, 6.45) is -0.683. The fourth-order valence-electron chi connectivity index (χ4n) is 1.97. The Morgan fingerprint density at radius 2 is 1.92 bits per heavy atom. The van der Waals surface area contributed by atoms with E-state index in [0.717, 1.165) is 5.56 Å². The number of nitrogens with one attached hydrogen (secondary N) is 1. The molecule has 0 bridgehead atoms. The van der Waals surface area contributed by atoms with E-state index < -0.39 is 6.10 Å². The fourth-order valence-corrected chi connectivity index (χ4v) is 2.53. The summed E-state index contributed by atoms with van der Waals surface area (Å²) in [5, 5.41) is 13.8. The second-order valence-corrected chi connectivity index (χ2v) is 6.35. The van der Waals surface area contributed by atoms with Crippen LogP contribution in [0.2, 0.25) is 15.1 Å². The van der Waals surface area contributed by atoms with Gasteiger partial charge in [0.25, 0.3) is 0 Å². The molecule has 1 unspecified atom stereocenters. The van der Waals surface area contributed by atoms with Crippen LogP contribution in [0.5, 0.6) is 5.75 Å². The normalized spacial score (nSPS) is 11.8. The van der Waals surface area contributed by atoms with Gasteiger partial charge in [0, 0.05) is 11.6 Å². The summed E-state index contributed by atoms with van der Waals surface area (Å²) >= 11 is 17.7. The molecule has 0 aliphatic heterocycles. The minimum absolute atomic E-state index is 0.0164. The summed E-state index contributed by atoms with van der Waals surface area (Å²) in [7, 11) is 0. The van der Waals surface area contributed by atoms with E-state index in [1.807, 2.05) is 6.07 Å². The summed E-state index contributed by atoms with van der Waals surface area (Å²) in [5.74, 6) is 0.172. The lowest BCUT2D eigenvalue weighted by Crippen LogP contribution is -2.36. The first-order valence-corrected chi connectivity index (χ1v) is 8.35. The first kappa shape index (κ1) is 18.9. The van der Waals surface area contributed by atoms with Gasteiger partial charge in [-0.1, -0.05) is 53.0 Å². The molecular weight excluding hydrogens is 373 g/mol. The zero-order chi connectivity index (χ0) is 17.5. The van der Waals surface area contributed by atoms with Crippen molar-refractivity contribution < 1.29 is 14.6 Å². The van der Waals surface area contributed by atoms with Crippen LogP contribution in [0.1, 0.15) is 5.56 Å². The lowest BCUT2D eigenvalue weighted by Gasteiger charge is -2.14. The molecule has 0 fully saturated rings. The third-order valence-electron chi connectivity index (χ3n) is 3.14. The van der Waals surface area contributed by atoms with Crippen molar-refractivity contribution in [1.29, 1.82) is 0 Å². The molecule has 0 saturated carbocycles. The number of aliphatic hydroxyl groups excluding tert-OH is 1. The van der Waals surface area contributed by atoms with Gasteiger partial charge in [0.2, 0.25) is 5.91 Å². The van der Waals surface area contributed by atoms with Gasteiger partial charge in [0.15, 0.2) is 0 Å². The molecule has 2 rings (SSSR count). The average Bonchev–Trinajstić information content (AvgIpc) is 2.54. The number of halogens is 3. The Labute approximate surface area is 155 Å². The maximum absolute atomic E-state index is 11.9. The molecule has 24 heavy (non-hydrogen) atoms. The van der Waals surface area contributed by atoms with Crippen LogP contribution in [0.25, 0.3) is 0 Å². The third kappa shape index (κ3) is 5.87. The van der Waals surface area contributed by atoms with Crippen molar-refractivity contribution >= 4 is 40.7 Å². The second kappa shape index (κ2) is 9.14. The van der Waals surface area contributed by atoms with E-state index in [2.05, 4.69) is 5.32 Å². The molecule has 0 aliphatic carbocycles. The predicted molar refractivity (Wildman–Crippen MR) is 96.1 cm³/mol. The molecule has 0 spiro atoms. The zero-order valence-corrected chi connectivity index (χ0v) is 14.9. The molecule has 0 aliphatic rings. The van der Waals surface area contributed by atoms with Crippen LogP contribution in [0, 0.1) is 0 Å². The van der Waals surface area contributed by atoms with Gasteiger partial charge in [0.05, 0.1) is 11.4 Å². The Hall–Kier alpha value is -1.46. The number of ether oxygens (including phenoxy) is 1. The lowest BCUT2D eigenvalue weighted by molar-refractivity contribution is -0.121. The van der Waals surface area contributed by atoms with E-state index in [1.165, 1.54) is 0 Å². The van der Waals surface area contributed by atoms with Crippen LogP contribution in [-0.4, -0.2) is 30.3 Å². The van der Waals surface area contributed by atoms with Crippen LogP contribution in [0.3, 0.4) is 0 Å². The third-order valence-corrected chi connectivity index (χ3v) is 4.17. The maximum Gasteiger partial charge on any atom is 0.224 e. The average molecular weight is 389 g/mol. The molecule has 1 amide bonds. The Bertz CT molecular complexity index is 709. The summed E-state index contributed by atoms with van der Waals surface area (Å²) in [4.78, 5) is 11.9. The molecule has 7 heteroatoms. The number of rotatable bonds is 7. The number of amides is 1. The Morgan fingerprint density at radius 3 is 2.67 bits per heavy atom. The quantitative estimate of drug-likeness (QED) is 0.759. The first-order chi connectivity index (χ1) is 11.5. The number of hydrogen-bond acceptors (Lipinski definition) is 3. The highest BCUT2D eigenvalue weighted by Crippen LogP contribution is 2.31. The summed E-state index contributed by atoms with van der Waals surface area (Å²) in [5.41, 5.74) is 0.802. The van der Waals surface area contributed by atoms with E-state index in [0.29, 0.717) is 15.8 Å². The summed E-state index contributed by atoms with van der Waals surface area (Å²) in [6.45, 7) is 0.0507. The van der Waals surface area contributed by atoms with Crippen LogP contribution in [0.15, 0.2) is 42.5 Å². The number of aliphatic hydroxyl groups is 1. The van der Waals surface area contributed by atoms with Gasteiger partial charge >= 0.3 is 0 Å². The number of benzene rings is 2. The molecule has 2 aromatic carbocycles. The SMILES string of the molecule is O=C(Cc1cccc(Cl)c1)NCC(O)COc1cccc(Cl)c1Cl. The number of carbonyl (C=O) groups excluding carboxylic acids is 1. The van der Waals surface area contributed by atoms with Gasteiger partial charge in [-0.15, -0.1) is 0 Å². The second-order valence-electron chi connectivity index (χ2n) is 5.13. The van der Waals surface area contributed by atoms with Crippen molar-refractivity contribution in [2.45, 2.75) is 12.5 Å². The highest BCUT2D eigenvalue weighted by Gasteiger charge is 2.11. The van der Waals surface area contributed by atoms with Crippen molar-refractivity contribution in [3.8, 4) is 5.75 Å². The highest BCUT2D eigenvalue weighted by atomic mass is 35.5. The smallest absolute Gasteiger partial charge is 0.224 e. The van der Waals surface area contributed by atoms with Gasteiger partial charge in [0.1, 0.15) is 23.5 Å². The zero-order valence-electron chi connectivity index (χ0n) is 12.6. The van der Waals surface area contributed by atoms with E-state index >= 15 is 0 Å². The van der Waals surface area contributed by atoms with Crippen LogP contribution < -0.4 is 10.1 Å². The Morgan fingerprint density at radius 1 is 1.17 bits per heavy atom. The maximum atomic E-state index is 11.9. The van der Waals surface area contributed by atoms with Gasteiger partial charge in [-0.05, 0) is 29.8 Å². The van der Waals surface area contributed by atoms with E-state index in [1.54, 1.807) is 36.4 Å². The van der Waals surface area contributed by atoms with Crippen molar-refractivity contribution in [2.24, 2.45) is 0 Å². The minimum atomic E-state index is -0.872. The fraction of sp³-hybridized carbons (Fsp3) is 0.235. The topological polar surface area (TPSA) is 58.6 Å². The molecule has 2 N–H and O–H groups in total. The standard InChI is InChI=1S/C17H16Cl3NO3/c18-12-4-1-3-11(7-12)8-16(23)21-9-13(22)10-24-15-6-2-5-14(19)17(15)20/h1-7,13,22H,8-10H2,(H,21,23). The van der Waals surface area contributed by atoms with Gasteiger partial charge in [-0.25, -0.2) is 0 Å². The molecule has 0 heterocycles. The molecule has 0 radical (unpaired) electrons. The van der Waals surface area contributed by atoms with Crippen molar-refractivity contribution in [1.82, 2.24) is 5.32 Å². The molecule has 1 atom stereocenters. The lowest BCUT2D eigenvalue weighted by atomic mass is 10.1. The van der Waals surface area contributed by atoms with Crippen molar-refractivity contribution in [2.75, 3.05) is 13.2 Å². The number of carbonyl (C=O) groups is 1. The molecule has 0 aromatic heterocycles. The van der Waals surface area contributed by atoms with Gasteiger partial charge in [-0.3, -0.25) is 4.79 Å². The summed E-state index contributed by atoms with van der Waals surface area (Å²) < 4.78 is 5.41. The molecule has 2 aromatic rings. The highest BCUT2D eigenvalue weighted by molar-refractivity contribution is 6.42. The monoisotopic (exact) mass is 387 g/mol. The van der Waals surface area contributed by atoms with Gasteiger partial charge < -0.3 is 15.2 Å². The molecular formula is C17H16Cl3NO3. The predicted octanol–water partition coefficient (Wildman–Crippen LogP) is 3.75. The molecule has 128 valence electrons. The largest absolute Gasteiger partial charge is 0.489 e. The Kier molecular flexibility index (Phi) is 7.18. The van der Waals surface area contributed by atoms with Crippen LogP contribution >= 0.6 is 34.8 Å². The van der Waals surface area contributed by atoms with E-state index in [-0.39, 0.29) is 30.5 Å². The number of hydrogen-bond donors (Lipinski definition) is 2. The van der Waals surface area contributed by atoms with E-state index in [9.17, 15) is 9.90 Å². The van der Waals surface area contributed by atoms with Crippen molar-refractivity contribution in [3.05, 3.63) is 63.1 Å². The first-order valence-electron chi connectivity index (χ1n) is 7.21. The molecule has 0 saturated heterocycles. The van der Waals surface area contributed by atoms with Crippen LogP contribution in [0.4, 0.5) is 0 Å². The van der Waals surface area contributed by atoms with E-state index in [4.69, 9.17) is 39.5 Å². The molecule has 4 nitrogen and oxygen atoms in total. The van der Waals surface area contributed by atoms with Crippen LogP contribution in [-0.2, 0) is 11.2 Å². The van der Waals surface area contributed by atoms with Gasteiger partial charge in [-0.2, -0.15) is 0 Å². The summed E-state index contributed by atoms with van der Waals surface area (Å²) in [6, 6.07) is 12.0. The Balaban J connectivity index is 1.75.